The standard InChI is InChI=1S/C11H10N2O/c12-6-8-1-3-9(4-2-8)10-5-11(14)13-7-10/h1-4,10H,5,7H2,(H,13,14). The molecule has 0 radical (unpaired) electrons. The van der Waals surface area contributed by atoms with Crippen molar-refractivity contribution in [2.75, 3.05) is 6.54 Å². The highest BCUT2D eigenvalue weighted by molar-refractivity contribution is 5.79. The Kier molecular flexibility index (Phi) is 2.19. The van der Waals surface area contributed by atoms with Crippen molar-refractivity contribution in [3.63, 3.8) is 0 Å². The van der Waals surface area contributed by atoms with Gasteiger partial charge in [0, 0.05) is 18.9 Å². The minimum atomic E-state index is 0.111. The van der Waals surface area contributed by atoms with Crippen molar-refractivity contribution in [3.05, 3.63) is 35.4 Å². The molecule has 1 fully saturated rings. The van der Waals surface area contributed by atoms with Crippen LogP contribution in [0.3, 0.4) is 0 Å². The quantitative estimate of drug-likeness (QED) is 0.715. The zero-order valence-corrected chi connectivity index (χ0v) is 7.66. The van der Waals surface area contributed by atoms with Gasteiger partial charge in [-0.3, -0.25) is 4.79 Å². The Labute approximate surface area is 82.4 Å². The topological polar surface area (TPSA) is 52.9 Å². The average molecular weight is 186 g/mol. The van der Waals surface area contributed by atoms with Gasteiger partial charge in [-0.25, -0.2) is 0 Å². The van der Waals surface area contributed by atoms with Gasteiger partial charge < -0.3 is 5.32 Å². The SMILES string of the molecule is N#Cc1ccc(C2CNC(=O)C2)cc1. The molecule has 1 N–H and O–H groups in total. The normalized spacial score (nSPS) is 20.2. The lowest BCUT2D eigenvalue weighted by Gasteiger charge is -2.06. The van der Waals surface area contributed by atoms with Gasteiger partial charge in [0.1, 0.15) is 0 Å². The summed E-state index contributed by atoms with van der Waals surface area (Å²) in [7, 11) is 0. The van der Waals surface area contributed by atoms with Crippen molar-refractivity contribution < 1.29 is 4.79 Å². The van der Waals surface area contributed by atoms with E-state index in [-0.39, 0.29) is 11.8 Å². The van der Waals surface area contributed by atoms with E-state index in [9.17, 15) is 4.79 Å². The van der Waals surface area contributed by atoms with Crippen LogP contribution in [0.15, 0.2) is 24.3 Å². The minimum Gasteiger partial charge on any atom is -0.355 e. The Bertz CT molecular complexity index is 389. The van der Waals surface area contributed by atoms with Crippen LogP contribution in [0.25, 0.3) is 0 Å². The maximum absolute atomic E-state index is 11.0. The van der Waals surface area contributed by atoms with Crippen molar-refractivity contribution in [3.8, 4) is 6.07 Å². The molecular formula is C11H10N2O. The molecule has 2 rings (SSSR count). The maximum atomic E-state index is 11.0. The van der Waals surface area contributed by atoms with E-state index in [1.807, 2.05) is 12.1 Å². The average Bonchev–Trinajstić information content (AvgIpc) is 2.65. The first-order chi connectivity index (χ1) is 6.79. The Morgan fingerprint density at radius 3 is 2.57 bits per heavy atom. The lowest BCUT2D eigenvalue weighted by molar-refractivity contribution is -0.119. The molecule has 1 aliphatic rings. The van der Waals surface area contributed by atoms with E-state index in [1.54, 1.807) is 12.1 Å². The smallest absolute Gasteiger partial charge is 0.220 e. The monoisotopic (exact) mass is 186 g/mol. The summed E-state index contributed by atoms with van der Waals surface area (Å²) in [6, 6.07) is 9.49. The van der Waals surface area contributed by atoms with Crippen molar-refractivity contribution in [1.29, 1.82) is 5.26 Å². The molecule has 1 amide bonds. The lowest BCUT2D eigenvalue weighted by atomic mass is 9.97. The Hall–Kier alpha value is -1.82. The highest BCUT2D eigenvalue weighted by atomic mass is 16.1. The van der Waals surface area contributed by atoms with Crippen molar-refractivity contribution in [1.82, 2.24) is 5.32 Å². The number of nitriles is 1. The van der Waals surface area contributed by atoms with Crippen LogP contribution in [-0.2, 0) is 4.79 Å². The summed E-state index contributed by atoms with van der Waals surface area (Å²) in [4.78, 5) is 11.0. The number of carbonyl (C=O) groups is 1. The largest absolute Gasteiger partial charge is 0.355 e. The molecule has 0 bridgehead atoms. The van der Waals surface area contributed by atoms with Crippen molar-refractivity contribution in [2.24, 2.45) is 0 Å². The summed E-state index contributed by atoms with van der Waals surface area (Å²) in [5.74, 6) is 0.384. The van der Waals surface area contributed by atoms with Gasteiger partial charge >= 0.3 is 0 Å². The molecule has 1 atom stereocenters. The Balaban J connectivity index is 2.18. The van der Waals surface area contributed by atoms with Crippen LogP contribution in [0.5, 0.6) is 0 Å². The minimum absolute atomic E-state index is 0.111. The molecule has 1 aromatic carbocycles. The summed E-state index contributed by atoms with van der Waals surface area (Å²) in [6.07, 6.45) is 0.561. The molecule has 14 heavy (non-hydrogen) atoms. The number of benzene rings is 1. The van der Waals surface area contributed by atoms with Crippen LogP contribution >= 0.6 is 0 Å². The number of amides is 1. The second kappa shape index (κ2) is 3.51. The molecule has 0 aliphatic carbocycles. The summed E-state index contributed by atoms with van der Waals surface area (Å²) >= 11 is 0. The first-order valence-corrected chi connectivity index (χ1v) is 4.56. The molecular weight excluding hydrogens is 176 g/mol. The molecule has 1 aromatic rings. The van der Waals surface area contributed by atoms with Gasteiger partial charge in [0.2, 0.25) is 5.91 Å². The summed E-state index contributed by atoms with van der Waals surface area (Å²) in [6.45, 7) is 0.713. The molecule has 1 saturated heterocycles. The fourth-order valence-corrected chi connectivity index (χ4v) is 1.67. The first-order valence-electron chi connectivity index (χ1n) is 4.56. The highest BCUT2D eigenvalue weighted by Gasteiger charge is 2.22. The number of nitrogens with one attached hydrogen (secondary N) is 1. The zero-order valence-electron chi connectivity index (χ0n) is 7.66. The predicted molar refractivity (Wildman–Crippen MR) is 51.5 cm³/mol. The number of carbonyl (C=O) groups excluding carboxylic acids is 1. The molecule has 1 aliphatic heterocycles. The van der Waals surface area contributed by atoms with E-state index < -0.39 is 0 Å². The fraction of sp³-hybridized carbons (Fsp3) is 0.273. The molecule has 3 nitrogen and oxygen atoms in total. The second-order valence-corrected chi connectivity index (χ2v) is 3.44. The molecule has 0 aromatic heterocycles. The van der Waals surface area contributed by atoms with E-state index in [0.29, 0.717) is 18.5 Å². The molecule has 1 heterocycles. The number of hydrogen-bond acceptors (Lipinski definition) is 2. The Morgan fingerprint density at radius 1 is 1.36 bits per heavy atom. The highest BCUT2D eigenvalue weighted by Crippen LogP contribution is 2.22. The van der Waals surface area contributed by atoms with Crippen molar-refractivity contribution >= 4 is 5.91 Å². The van der Waals surface area contributed by atoms with Gasteiger partial charge in [-0.05, 0) is 17.7 Å². The Morgan fingerprint density at radius 2 is 2.07 bits per heavy atom. The van der Waals surface area contributed by atoms with E-state index in [4.69, 9.17) is 5.26 Å². The van der Waals surface area contributed by atoms with E-state index in [1.165, 1.54) is 0 Å². The molecule has 1 unspecified atom stereocenters. The third kappa shape index (κ3) is 1.60. The zero-order chi connectivity index (χ0) is 9.97. The van der Waals surface area contributed by atoms with Gasteiger partial charge in [-0.1, -0.05) is 12.1 Å². The van der Waals surface area contributed by atoms with Crippen LogP contribution in [0.4, 0.5) is 0 Å². The van der Waals surface area contributed by atoms with Crippen molar-refractivity contribution in [2.45, 2.75) is 12.3 Å². The van der Waals surface area contributed by atoms with E-state index >= 15 is 0 Å². The van der Waals surface area contributed by atoms with Gasteiger partial charge in [-0.15, -0.1) is 0 Å². The summed E-state index contributed by atoms with van der Waals surface area (Å²) < 4.78 is 0. The van der Waals surface area contributed by atoms with Crippen LogP contribution in [0.2, 0.25) is 0 Å². The van der Waals surface area contributed by atoms with Gasteiger partial charge in [0.05, 0.1) is 11.6 Å². The summed E-state index contributed by atoms with van der Waals surface area (Å²) in [5, 5.41) is 11.4. The van der Waals surface area contributed by atoms with E-state index in [2.05, 4.69) is 11.4 Å². The summed E-state index contributed by atoms with van der Waals surface area (Å²) in [5.41, 5.74) is 1.79. The number of rotatable bonds is 1. The third-order valence-electron chi connectivity index (χ3n) is 2.49. The predicted octanol–water partition coefficient (Wildman–Crippen LogP) is 1.16. The maximum Gasteiger partial charge on any atom is 0.220 e. The number of nitrogens with zero attached hydrogens (tertiary/aromatic N) is 1. The lowest BCUT2D eigenvalue weighted by Crippen LogP contribution is -2.13. The van der Waals surface area contributed by atoms with Crippen LogP contribution in [0.1, 0.15) is 23.5 Å². The fourth-order valence-electron chi connectivity index (χ4n) is 1.67. The second-order valence-electron chi connectivity index (χ2n) is 3.44. The van der Waals surface area contributed by atoms with Gasteiger partial charge in [0.25, 0.3) is 0 Å². The molecule has 70 valence electrons. The number of hydrogen-bond donors (Lipinski definition) is 1. The van der Waals surface area contributed by atoms with E-state index in [0.717, 1.165) is 5.56 Å². The van der Waals surface area contributed by atoms with Crippen LogP contribution < -0.4 is 5.32 Å². The van der Waals surface area contributed by atoms with Crippen LogP contribution in [0, 0.1) is 11.3 Å². The van der Waals surface area contributed by atoms with Crippen LogP contribution in [-0.4, -0.2) is 12.5 Å². The third-order valence-corrected chi connectivity index (χ3v) is 2.49. The molecule has 3 heteroatoms. The molecule has 0 spiro atoms. The van der Waals surface area contributed by atoms with Gasteiger partial charge in [-0.2, -0.15) is 5.26 Å². The van der Waals surface area contributed by atoms with Gasteiger partial charge in [0.15, 0.2) is 0 Å². The first kappa shape index (κ1) is 8.76. The molecule has 0 saturated carbocycles.